The van der Waals surface area contributed by atoms with Crippen LogP contribution in [0.4, 0.5) is 0 Å². The van der Waals surface area contributed by atoms with Gasteiger partial charge in [0.05, 0.1) is 5.92 Å². The van der Waals surface area contributed by atoms with Crippen LogP contribution in [0, 0.1) is 11.8 Å². The lowest BCUT2D eigenvalue weighted by molar-refractivity contribution is 0.243. The van der Waals surface area contributed by atoms with Gasteiger partial charge in [0.2, 0.25) is 0 Å². The van der Waals surface area contributed by atoms with Crippen LogP contribution in [0.15, 0.2) is 110 Å². The van der Waals surface area contributed by atoms with Crippen molar-refractivity contribution < 1.29 is 0 Å². The summed E-state index contributed by atoms with van der Waals surface area (Å²) >= 11 is 0. The first kappa shape index (κ1) is 17.4. The fraction of sp³-hybridized carbons (Fsp3) is 0.200. The van der Waals surface area contributed by atoms with Crippen LogP contribution in [-0.4, -0.2) is 10.9 Å². The largest absolute Gasteiger partial charge is 0.384 e. The molecule has 2 aromatic rings. The zero-order chi connectivity index (χ0) is 19.0. The van der Waals surface area contributed by atoms with Gasteiger partial charge in [0.15, 0.2) is 0 Å². The number of benzene rings is 2. The molecular weight excluding hydrogens is 328 g/mol. The summed E-state index contributed by atoms with van der Waals surface area (Å²) in [7, 11) is 0. The normalized spacial score (nSPS) is 24.7. The number of nitrogens with one attached hydrogen (secondary N) is 1. The van der Waals surface area contributed by atoms with Gasteiger partial charge < -0.3 is 10.2 Å². The molecule has 0 aromatic heterocycles. The minimum Gasteiger partial charge on any atom is -0.384 e. The van der Waals surface area contributed by atoms with Crippen LogP contribution in [0.5, 0.6) is 0 Å². The highest BCUT2D eigenvalue weighted by Crippen LogP contribution is 2.47. The molecule has 136 valence electrons. The van der Waals surface area contributed by atoms with E-state index in [1.165, 1.54) is 16.7 Å². The fourth-order valence-corrected chi connectivity index (χ4v) is 4.44. The Labute approximate surface area is 162 Å². The molecule has 0 radical (unpaired) electrons. The fourth-order valence-electron chi connectivity index (χ4n) is 4.44. The van der Waals surface area contributed by atoms with Crippen LogP contribution >= 0.6 is 0 Å². The third kappa shape index (κ3) is 3.12. The number of hydrogen-bond acceptors (Lipinski definition) is 2. The Hall–Kier alpha value is -3.00. The average molecular weight is 354 g/mol. The third-order valence-electron chi connectivity index (χ3n) is 5.76. The maximum absolute atomic E-state index is 4.46. The zero-order valence-electron chi connectivity index (χ0n) is 15.7. The number of rotatable bonds is 4. The second-order valence-corrected chi connectivity index (χ2v) is 7.51. The molecule has 2 bridgehead atoms. The summed E-state index contributed by atoms with van der Waals surface area (Å²) in [6, 6.07) is 21.3. The first-order chi connectivity index (χ1) is 13.1. The van der Waals surface area contributed by atoms with E-state index in [1.54, 1.807) is 0 Å². The van der Waals surface area contributed by atoms with Gasteiger partial charge in [-0.05, 0) is 17.5 Å². The van der Waals surface area contributed by atoms with E-state index in [2.05, 4.69) is 91.1 Å². The van der Waals surface area contributed by atoms with Crippen LogP contribution in [-0.2, 0) is 13.0 Å². The highest BCUT2D eigenvalue weighted by atomic mass is 15.2. The first-order valence-corrected chi connectivity index (χ1v) is 9.43. The molecule has 1 N–H and O–H groups in total. The lowest BCUT2D eigenvalue weighted by Gasteiger charge is -2.52. The topological polar surface area (TPSA) is 15.3 Å². The van der Waals surface area contributed by atoms with Gasteiger partial charge in [0, 0.05) is 35.6 Å². The van der Waals surface area contributed by atoms with Gasteiger partial charge in [0.1, 0.15) is 0 Å². The van der Waals surface area contributed by atoms with E-state index in [0.29, 0.717) is 0 Å². The molecule has 2 nitrogen and oxygen atoms in total. The van der Waals surface area contributed by atoms with Crippen molar-refractivity contribution in [3.8, 4) is 0 Å². The van der Waals surface area contributed by atoms with E-state index >= 15 is 0 Å². The second kappa shape index (κ2) is 6.96. The number of likely N-dealkylation sites (tertiary alicyclic amines) is 1. The lowest BCUT2D eigenvalue weighted by Crippen LogP contribution is -2.53. The quantitative estimate of drug-likeness (QED) is 0.773. The van der Waals surface area contributed by atoms with Crippen molar-refractivity contribution in [1.29, 1.82) is 0 Å². The number of fused-ring (bicyclic) bond motifs is 2. The highest BCUT2D eigenvalue weighted by Gasteiger charge is 2.45. The maximum Gasteiger partial charge on any atom is 0.0592 e. The van der Waals surface area contributed by atoms with Crippen molar-refractivity contribution in [3.63, 3.8) is 0 Å². The Morgan fingerprint density at radius 1 is 0.778 bits per heavy atom. The molecule has 2 aromatic carbocycles. The zero-order valence-corrected chi connectivity index (χ0v) is 15.7. The first-order valence-electron chi connectivity index (χ1n) is 9.43. The summed E-state index contributed by atoms with van der Waals surface area (Å²) in [6.45, 7) is 18.4. The smallest absolute Gasteiger partial charge is 0.0592 e. The van der Waals surface area contributed by atoms with Gasteiger partial charge in [0.25, 0.3) is 0 Å². The van der Waals surface area contributed by atoms with Crippen molar-refractivity contribution in [3.05, 3.63) is 121 Å². The third-order valence-corrected chi connectivity index (χ3v) is 5.76. The summed E-state index contributed by atoms with van der Waals surface area (Å²) < 4.78 is 0. The molecular formula is C25H26N2. The molecule has 3 unspecified atom stereocenters. The maximum atomic E-state index is 4.46. The molecule has 0 saturated carbocycles. The molecule has 0 spiro atoms. The Bertz CT molecular complexity index is 894. The van der Waals surface area contributed by atoms with Crippen LogP contribution < -0.4 is 5.32 Å². The molecule has 3 atom stereocenters. The minimum absolute atomic E-state index is 0.0660. The summed E-state index contributed by atoms with van der Waals surface area (Å²) in [5, 5.41) is 3.64. The Morgan fingerprint density at radius 3 is 2.00 bits per heavy atom. The predicted molar refractivity (Wildman–Crippen MR) is 113 cm³/mol. The average Bonchev–Trinajstić information content (AvgIpc) is 2.66. The molecule has 2 saturated heterocycles. The van der Waals surface area contributed by atoms with Crippen LogP contribution in [0.1, 0.15) is 11.1 Å². The minimum atomic E-state index is 0.0660. The SMILES string of the molecule is C=C1NC(Cc2ccccc2)C2C(=C)C1C(=C)N(Cc1ccccc1)C2=C. The molecule has 27 heavy (non-hydrogen) atoms. The van der Waals surface area contributed by atoms with Gasteiger partial charge in [-0.15, -0.1) is 0 Å². The molecule has 2 aliphatic heterocycles. The van der Waals surface area contributed by atoms with Crippen molar-refractivity contribution in [1.82, 2.24) is 10.2 Å². The van der Waals surface area contributed by atoms with Crippen molar-refractivity contribution in [2.24, 2.45) is 11.8 Å². The van der Waals surface area contributed by atoms with Gasteiger partial charge in [-0.25, -0.2) is 0 Å². The molecule has 2 heteroatoms. The number of hydrogen-bond donors (Lipinski definition) is 1. The monoisotopic (exact) mass is 354 g/mol. The second-order valence-electron chi connectivity index (χ2n) is 7.51. The van der Waals surface area contributed by atoms with E-state index in [-0.39, 0.29) is 17.9 Å². The molecule has 2 heterocycles. The summed E-state index contributed by atoms with van der Waals surface area (Å²) in [6.07, 6.45) is 0.918. The van der Waals surface area contributed by atoms with Gasteiger partial charge >= 0.3 is 0 Å². The summed E-state index contributed by atoms with van der Waals surface area (Å²) in [5.41, 5.74) is 6.81. The van der Waals surface area contributed by atoms with E-state index in [1.807, 2.05) is 6.07 Å². The van der Waals surface area contributed by atoms with Gasteiger partial charge in [-0.3, -0.25) is 0 Å². The van der Waals surface area contributed by atoms with E-state index in [0.717, 1.165) is 30.1 Å². The predicted octanol–water partition coefficient (Wildman–Crippen LogP) is 5.05. The molecule has 2 aliphatic rings. The van der Waals surface area contributed by atoms with Crippen molar-refractivity contribution in [2.45, 2.75) is 19.0 Å². The Balaban J connectivity index is 1.65. The van der Waals surface area contributed by atoms with Crippen molar-refractivity contribution in [2.75, 3.05) is 0 Å². The van der Waals surface area contributed by atoms with E-state index in [9.17, 15) is 0 Å². The van der Waals surface area contributed by atoms with Crippen LogP contribution in [0.3, 0.4) is 0 Å². The van der Waals surface area contributed by atoms with E-state index < -0.39 is 0 Å². The number of nitrogens with zero attached hydrogens (tertiary/aromatic N) is 1. The molecule has 0 amide bonds. The van der Waals surface area contributed by atoms with Gasteiger partial charge in [-0.1, -0.05) is 92.6 Å². The Kier molecular flexibility index (Phi) is 4.49. The summed E-state index contributed by atoms with van der Waals surface area (Å²) in [4.78, 5) is 2.27. The van der Waals surface area contributed by atoms with Crippen LogP contribution in [0.2, 0.25) is 0 Å². The van der Waals surface area contributed by atoms with Crippen molar-refractivity contribution >= 4 is 0 Å². The van der Waals surface area contributed by atoms with E-state index in [4.69, 9.17) is 0 Å². The molecule has 2 fully saturated rings. The highest BCUT2D eigenvalue weighted by molar-refractivity contribution is 5.44. The molecule has 4 rings (SSSR count). The van der Waals surface area contributed by atoms with Gasteiger partial charge in [-0.2, -0.15) is 0 Å². The standard InChI is InChI=1S/C25H26N2/c1-17-24-18(2)26-23(15-21-11-7-5-8-12-21)25(17)20(4)27(19(24)3)16-22-13-9-6-10-14-22/h5-14,23-26H,1-4,15-16H2. The molecule has 0 aliphatic carbocycles. The number of piperidine rings is 2. The van der Waals surface area contributed by atoms with Crippen LogP contribution in [0.25, 0.3) is 0 Å². The summed E-state index contributed by atoms with van der Waals surface area (Å²) in [5.74, 6) is 0.242. The Morgan fingerprint density at radius 2 is 1.37 bits per heavy atom. The lowest BCUT2D eigenvalue weighted by atomic mass is 9.70.